The minimum atomic E-state index is -0.551. The highest BCUT2D eigenvalue weighted by Gasteiger charge is 2.26. The molecule has 0 amide bonds. The molecule has 0 aromatic heterocycles. The monoisotopic (exact) mass is 295 g/mol. The van der Waals surface area contributed by atoms with E-state index in [0.29, 0.717) is 23.8 Å². The van der Waals surface area contributed by atoms with Gasteiger partial charge in [-0.15, -0.1) is 0 Å². The van der Waals surface area contributed by atoms with Crippen LogP contribution in [0.3, 0.4) is 0 Å². The minimum absolute atomic E-state index is 0.219. The van der Waals surface area contributed by atoms with Crippen LogP contribution < -0.4 is 10.1 Å². The second kappa shape index (κ2) is 7.23. The Hall–Kier alpha value is -1.13. The first-order valence-electron chi connectivity index (χ1n) is 7.74. The lowest BCUT2D eigenvalue weighted by molar-refractivity contribution is 0.0982. The Morgan fingerprint density at radius 3 is 2.52 bits per heavy atom. The van der Waals surface area contributed by atoms with Gasteiger partial charge in [-0.3, -0.25) is 0 Å². The highest BCUT2D eigenvalue weighted by atomic mass is 19.1. The van der Waals surface area contributed by atoms with Crippen molar-refractivity contribution in [1.29, 1.82) is 0 Å². The molecule has 0 saturated heterocycles. The molecule has 1 fully saturated rings. The Morgan fingerprint density at radius 1 is 1.29 bits per heavy atom. The summed E-state index contributed by atoms with van der Waals surface area (Å²) in [5.41, 5.74) is 0.461. The quantitative estimate of drug-likeness (QED) is 0.847. The number of rotatable bonds is 6. The lowest BCUT2D eigenvalue weighted by Crippen LogP contribution is -2.41. The number of hydrogen-bond donors (Lipinski definition) is 2. The number of halogens is 1. The van der Waals surface area contributed by atoms with E-state index in [1.165, 1.54) is 37.8 Å². The fraction of sp³-hybridized carbons (Fsp3) is 0.647. The molecular formula is C17H26FNO2. The molecule has 0 heterocycles. The summed E-state index contributed by atoms with van der Waals surface area (Å²) >= 11 is 0. The molecule has 118 valence electrons. The Balaban J connectivity index is 1.63. The minimum Gasteiger partial charge on any atom is -0.491 e. The van der Waals surface area contributed by atoms with Gasteiger partial charge in [0, 0.05) is 12.6 Å². The Morgan fingerprint density at radius 2 is 1.90 bits per heavy atom. The highest BCUT2D eigenvalue weighted by Crippen LogP contribution is 2.34. The third kappa shape index (κ3) is 5.64. The molecule has 0 spiro atoms. The average Bonchev–Trinajstić information content (AvgIpc) is 2.45. The molecule has 4 heteroatoms. The topological polar surface area (TPSA) is 41.5 Å². The fourth-order valence-electron chi connectivity index (χ4n) is 2.69. The summed E-state index contributed by atoms with van der Waals surface area (Å²) in [6.07, 6.45) is 4.24. The molecule has 1 atom stereocenters. The van der Waals surface area contributed by atoms with E-state index in [4.69, 9.17) is 4.74 Å². The van der Waals surface area contributed by atoms with Crippen molar-refractivity contribution in [2.75, 3.05) is 13.2 Å². The molecule has 1 saturated carbocycles. The molecule has 2 N–H and O–H groups in total. The highest BCUT2D eigenvalue weighted by molar-refractivity contribution is 5.22. The maximum atomic E-state index is 12.8. The van der Waals surface area contributed by atoms with Crippen LogP contribution in [0.2, 0.25) is 0 Å². The maximum Gasteiger partial charge on any atom is 0.123 e. The van der Waals surface area contributed by atoms with Crippen LogP contribution in [-0.2, 0) is 0 Å². The number of hydrogen-bond acceptors (Lipinski definition) is 3. The van der Waals surface area contributed by atoms with Gasteiger partial charge in [0.05, 0.1) is 0 Å². The molecule has 1 aromatic rings. The summed E-state index contributed by atoms with van der Waals surface area (Å²) < 4.78 is 18.2. The first-order chi connectivity index (χ1) is 9.94. The van der Waals surface area contributed by atoms with E-state index in [0.717, 1.165) is 0 Å². The predicted molar refractivity (Wildman–Crippen MR) is 81.9 cm³/mol. The zero-order valence-corrected chi connectivity index (χ0v) is 12.9. The van der Waals surface area contributed by atoms with E-state index >= 15 is 0 Å². The molecule has 2 rings (SSSR count). The second-order valence-corrected chi connectivity index (χ2v) is 6.77. The van der Waals surface area contributed by atoms with Crippen molar-refractivity contribution in [3.05, 3.63) is 30.1 Å². The number of ether oxygens (including phenoxy) is 1. The third-order valence-electron chi connectivity index (χ3n) is 4.24. The average molecular weight is 295 g/mol. The molecule has 0 radical (unpaired) electrons. The van der Waals surface area contributed by atoms with Crippen molar-refractivity contribution >= 4 is 0 Å². The van der Waals surface area contributed by atoms with Crippen LogP contribution in [0.25, 0.3) is 0 Å². The standard InChI is InChI=1S/C17H26FNO2/c1-17(2)9-7-14(8-10-17)19-11-15(20)12-21-16-5-3-13(18)4-6-16/h3-6,14-15,19-20H,7-12H2,1-2H3. The van der Waals surface area contributed by atoms with Gasteiger partial charge in [0.15, 0.2) is 0 Å². The van der Waals surface area contributed by atoms with E-state index < -0.39 is 6.10 Å². The van der Waals surface area contributed by atoms with Gasteiger partial charge >= 0.3 is 0 Å². The first-order valence-corrected chi connectivity index (χ1v) is 7.74. The van der Waals surface area contributed by atoms with Crippen LogP contribution in [0.15, 0.2) is 24.3 Å². The summed E-state index contributed by atoms with van der Waals surface area (Å²) in [6.45, 7) is 5.38. The largest absolute Gasteiger partial charge is 0.491 e. The van der Waals surface area contributed by atoms with Crippen molar-refractivity contribution in [2.24, 2.45) is 5.41 Å². The number of benzene rings is 1. The zero-order valence-electron chi connectivity index (χ0n) is 12.9. The van der Waals surface area contributed by atoms with E-state index in [1.54, 1.807) is 12.1 Å². The van der Waals surface area contributed by atoms with Crippen molar-refractivity contribution in [3.8, 4) is 5.75 Å². The van der Waals surface area contributed by atoms with Crippen LogP contribution in [0.5, 0.6) is 5.75 Å². The lowest BCUT2D eigenvalue weighted by atomic mass is 9.75. The Bertz CT molecular complexity index is 423. The normalized spacial score (nSPS) is 20.2. The van der Waals surface area contributed by atoms with E-state index in [9.17, 15) is 9.50 Å². The fourth-order valence-corrected chi connectivity index (χ4v) is 2.69. The molecule has 0 bridgehead atoms. The summed E-state index contributed by atoms with van der Waals surface area (Å²) in [4.78, 5) is 0. The van der Waals surface area contributed by atoms with Crippen molar-refractivity contribution in [1.82, 2.24) is 5.32 Å². The zero-order chi connectivity index (χ0) is 15.3. The van der Waals surface area contributed by atoms with Crippen LogP contribution in [-0.4, -0.2) is 30.4 Å². The van der Waals surface area contributed by atoms with Crippen LogP contribution in [0, 0.1) is 11.2 Å². The summed E-state index contributed by atoms with van der Waals surface area (Å²) in [7, 11) is 0. The van der Waals surface area contributed by atoms with E-state index in [2.05, 4.69) is 19.2 Å². The van der Waals surface area contributed by atoms with Crippen molar-refractivity contribution in [2.45, 2.75) is 51.7 Å². The lowest BCUT2D eigenvalue weighted by Gasteiger charge is -2.35. The van der Waals surface area contributed by atoms with Crippen LogP contribution in [0.4, 0.5) is 4.39 Å². The van der Waals surface area contributed by atoms with Gasteiger partial charge < -0.3 is 15.2 Å². The summed E-state index contributed by atoms with van der Waals surface area (Å²) in [5.74, 6) is 0.291. The number of aliphatic hydroxyl groups excluding tert-OH is 1. The summed E-state index contributed by atoms with van der Waals surface area (Å²) in [5, 5.41) is 13.4. The predicted octanol–water partition coefficient (Wildman–Crippen LogP) is 3.12. The van der Waals surface area contributed by atoms with Crippen LogP contribution >= 0.6 is 0 Å². The van der Waals surface area contributed by atoms with E-state index in [1.807, 2.05) is 0 Å². The Labute approximate surface area is 126 Å². The number of nitrogens with one attached hydrogen (secondary N) is 1. The smallest absolute Gasteiger partial charge is 0.123 e. The van der Waals surface area contributed by atoms with Gasteiger partial charge in [-0.05, 0) is 55.4 Å². The van der Waals surface area contributed by atoms with Gasteiger partial charge in [-0.1, -0.05) is 13.8 Å². The Kier molecular flexibility index (Phi) is 5.59. The number of aliphatic hydroxyl groups is 1. The van der Waals surface area contributed by atoms with Crippen molar-refractivity contribution in [3.63, 3.8) is 0 Å². The summed E-state index contributed by atoms with van der Waals surface area (Å²) in [6, 6.07) is 6.34. The molecule has 1 aliphatic carbocycles. The molecule has 1 aromatic carbocycles. The molecule has 3 nitrogen and oxygen atoms in total. The van der Waals surface area contributed by atoms with Crippen molar-refractivity contribution < 1.29 is 14.2 Å². The molecular weight excluding hydrogens is 269 g/mol. The van der Waals surface area contributed by atoms with Gasteiger partial charge in [0.1, 0.15) is 24.3 Å². The van der Waals surface area contributed by atoms with Gasteiger partial charge in [-0.2, -0.15) is 0 Å². The molecule has 21 heavy (non-hydrogen) atoms. The maximum absolute atomic E-state index is 12.8. The van der Waals surface area contributed by atoms with Gasteiger partial charge in [0.25, 0.3) is 0 Å². The van der Waals surface area contributed by atoms with Gasteiger partial charge in [-0.25, -0.2) is 4.39 Å². The molecule has 1 unspecified atom stereocenters. The third-order valence-corrected chi connectivity index (χ3v) is 4.24. The SMILES string of the molecule is CC1(C)CCC(NCC(O)COc2ccc(F)cc2)CC1. The van der Waals surface area contributed by atoms with Crippen LogP contribution in [0.1, 0.15) is 39.5 Å². The first kappa shape index (κ1) is 16.2. The molecule has 0 aliphatic heterocycles. The van der Waals surface area contributed by atoms with E-state index in [-0.39, 0.29) is 12.4 Å². The second-order valence-electron chi connectivity index (χ2n) is 6.77. The van der Waals surface area contributed by atoms with Gasteiger partial charge in [0.2, 0.25) is 0 Å². The molecule has 1 aliphatic rings.